The number of hydrogen-bond donors (Lipinski definition) is 1. The Kier molecular flexibility index (Phi) is 5.82. The Hall–Kier alpha value is -4.23. The fourth-order valence-electron chi connectivity index (χ4n) is 2.86. The van der Waals surface area contributed by atoms with Crippen molar-refractivity contribution < 1.29 is 9.47 Å². The van der Waals surface area contributed by atoms with Gasteiger partial charge in [0.05, 0.1) is 25.0 Å². The summed E-state index contributed by atoms with van der Waals surface area (Å²) < 4.78 is 12.3. The molecule has 3 aromatic rings. The van der Waals surface area contributed by atoms with Gasteiger partial charge >= 0.3 is 0 Å². The topological polar surface area (TPSA) is 110 Å². The van der Waals surface area contributed by atoms with E-state index in [1.54, 1.807) is 31.4 Å². The minimum Gasteiger partial charge on any atom is -0.493 e. The second-order valence-corrected chi connectivity index (χ2v) is 5.98. The van der Waals surface area contributed by atoms with Crippen LogP contribution >= 0.6 is 0 Å². The number of ether oxygens (including phenoxy) is 2. The van der Waals surface area contributed by atoms with Crippen molar-refractivity contribution in [2.75, 3.05) is 19.5 Å². The van der Waals surface area contributed by atoms with Gasteiger partial charge in [0.25, 0.3) is 0 Å². The van der Waals surface area contributed by atoms with Crippen LogP contribution < -0.4 is 15.2 Å². The van der Waals surface area contributed by atoms with E-state index in [1.807, 2.05) is 37.3 Å². The summed E-state index contributed by atoms with van der Waals surface area (Å²) in [5.41, 5.74) is 8.14. The third-order valence-electron chi connectivity index (χ3n) is 4.21. The van der Waals surface area contributed by atoms with Crippen molar-refractivity contribution >= 4 is 17.5 Å². The summed E-state index contributed by atoms with van der Waals surface area (Å²) >= 11 is 0. The number of nitrogens with two attached hydrogens (primary N) is 1. The van der Waals surface area contributed by atoms with E-state index in [0.29, 0.717) is 29.4 Å². The van der Waals surface area contributed by atoms with E-state index in [9.17, 15) is 10.5 Å². The van der Waals surface area contributed by atoms with Gasteiger partial charge in [-0.15, -0.1) is 0 Å². The zero-order chi connectivity index (χ0) is 20.8. The summed E-state index contributed by atoms with van der Waals surface area (Å²) in [6.07, 6.45) is 1.64. The first-order valence-electron chi connectivity index (χ1n) is 8.90. The predicted octanol–water partition coefficient (Wildman–Crippen LogP) is 3.80. The third-order valence-corrected chi connectivity index (χ3v) is 4.21. The van der Waals surface area contributed by atoms with Gasteiger partial charge in [-0.05, 0) is 42.8 Å². The number of rotatable bonds is 6. The molecule has 0 aliphatic rings. The van der Waals surface area contributed by atoms with E-state index < -0.39 is 0 Å². The Morgan fingerprint density at radius 2 is 1.93 bits per heavy atom. The van der Waals surface area contributed by atoms with Gasteiger partial charge in [-0.1, -0.05) is 24.3 Å². The van der Waals surface area contributed by atoms with Gasteiger partial charge in [-0.25, -0.2) is 4.68 Å². The van der Waals surface area contributed by atoms with Crippen molar-refractivity contribution in [3.63, 3.8) is 0 Å². The lowest BCUT2D eigenvalue weighted by molar-refractivity contribution is 0.311. The third kappa shape index (κ3) is 3.90. The van der Waals surface area contributed by atoms with Gasteiger partial charge in [0.2, 0.25) is 0 Å². The molecule has 7 heteroatoms. The number of benzene rings is 2. The summed E-state index contributed by atoms with van der Waals surface area (Å²) in [6, 6.07) is 18.7. The molecule has 7 nitrogen and oxygen atoms in total. The molecule has 0 aliphatic carbocycles. The van der Waals surface area contributed by atoms with Crippen LogP contribution in [0.4, 0.5) is 5.82 Å². The van der Waals surface area contributed by atoms with Crippen LogP contribution in [-0.2, 0) is 0 Å². The lowest BCUT2D eigenvalue weighted by atomic mass is 10.1. The summed E-state index contributed by atoms with van der Waals surface area (Å²) in [5, 5.41) is 23.7. The SMILES string of the molecule is CCOc1ccc(/C=C(/C#N)c2nn(-c3ccccc3)c(N)c2C#N)cc1OC. The number of methoxy groups -OCH3 is 1. The number of nitrogens with zero attached hydrogens (tertiary/aromatic N) is 4. The first-order chi connectivity index (χ1) is 14.1. The monoisotopic (exact) mass is 385 g/mol. The van der Waals surface area contributed by atoms with Gasteiger partial charge in [0, 0.05) is 0 Å². The van der Waals surface area contributed by atoms with Gasteiger partial charge in [-0.3, -0.25) is 0 Å². The number of para-hydroxylation sites is 1. The Morgan fingerprint density at radius 3 is 2.55 bits per heavy atom. The molecule has 0 saturated carbocycles. The molecule has 0 fully saturated rings. The lowest BCUT2D eigenvalue weighted by Gasteiger charge is -2.09. The molecule has 0 saturated heterocycles. The highest BCUT2D eigenvalue weighted by Crippen LogP contribution is 2.31. The molecule has 0 aliphatic heterocycles. The van der Waals surface area contributed by atoms with Crippen LogP contribution in [0.3, 0.4) is 0 Å². The molecule has 29 heavy (non-hydrogen) atoms. The minimum absolute atomic E-state index is 0.152. The molecule has 0 bridgehead atoms. The molecule has 0 spiro atoms. The Bertz CT molecular complexity index is 1130. The fourth-order valence-corrected chi connectivity index (χ4v) is 2.86. The molecular weight excluding hydrogens is 366 g/mol. The molecule has 0 atom stereocenters. The number of aromatic nitrogens is 2. The maximum Gasteiger partial charge on any atom is 0.161 e. The van der Waals surface area contributed by atoms with Gasteiger partial charge in [-0.2, -0.15) is 15.6 Å². The Labute approximate surface area is 168 Å². The van der Waals surface area contributed by atoms with Gasteiger partial charge < -0.3 is 15.2 Å². The summed E-state index contributed by atoms with van der Waals surface area (Å²) in [5.74, 6) is 1.34. The lowest BCUT2D eigenvalue weighted by Crippen LogP contribution is -2.02. The van der Waals surface area contributed by atoms with Gasteiger partial charge in [0.15, 0.2) is 11.5 Å². The largest absolute Gasteiger partial charge is 0.493 e. The quantitative estimate of drug-likeness (QED) is 0.646. The molecule has 0 amide bonds. The first-order valence-corrected chi connectivity index (χ1v) is 8.90. The molecule has 2 N–H and O–H groups in total. The van der Waals surface area contributed by atoms with Crippen molar-refractivity contribution in [3.05, 3.63) is 65.4 Å². The molecule has 3 rings (SSSR count). The van der Waals surface area contributed by atoms with Crippen molar-refractivity contribution in [2.24, 2.45) is 0 Å². The highest BCUT2D eigenvalue weighted by Gasteiger charge is 2.20. The number of nitrogen functional groups attached to an aromatic ring is 1. The van der Waals surface area contributed by atoms with Crippen LogP contribution in [0.2, 0.25) is 0 Å². The normalized spacial score (nSPS) is 10.8. The van der Waals surface area contributed by atoms with E-state index in [4.69, 9.17) is 15.2 Å². The second-order valence-electron chi connectivity index (χ2n) is 5.98. The molecule has 144 valence electrons. The summed E-state index contributed by atoms with van der Waals surface area (Å²) in [4.78, 5) is 0. The van der Waals surface area contributed by atoms with Crippen LogP contribution in [0, 0.1) is 22.7 Å². The Balaban J connectivity index is 2.09. The van der Waals surface area contributed by atoms with E-state index in [0.717, 1.165) is 0 Å². The number of anilines is 1. The molecule has 0 radical (unpaired) electrons. The van der Waals surface area contributed by atoms with E-state index >= 15 is 0 Å². The van der Waals surface area contributed by atoms with E-state index in [-0.39, 0.29) is 22.6 Å². The molecule has 1 heterocycles. The first kappa shape index (κ1) is 19.5. The zero-order valence-corrected chi connectivity index (χ0v) is 16.1. The number of allylic oxidation sites excluding steroid dienone is 1. The number of nitriles is 2. The number of hydrogen-bond acceptors (Lipinski definition) is 6. The van der Waals surface area contributed by atoms with Crippen molar-refractivity contribution in [3.8, 4) is 29.3 Å². The maximum atomic E-state index is 9.72. The van der Waals surface area contributed by atoms with Crippen molar-refractivity contribution in [1.82, 2.24) is 9.78 Å². The Morgan fingerprint density at radius 1 is 1.17 bits per heavy atom. The summed E-state index contributed by atoms with van der Waals surface area (Å²) in [7, 11) is 1.55. The van der Waals surface area contributed by atoms with Crippen LogP contribution in [0.25, 0.3) is 17.3 Å². The van der Waals surface area contributed by atoms with Crippen LogP contribution in [0.15, 0.2) is 48.5 Å². The smallest absolute Gasteiger partial charge is 0.161 e. The fraction of sp³-hybridized carbons (Fsp3) is 0.136. The molecular formula is C22H19N5O2. The minimum atomic E-state index is 0.152. The van der Waals surface area contributed by atoms with Crippen LogP contribution in [0.5, 0.6) is 11.5 Å². The molecule has 2 aromatic carbocycles. The average molecular weight is 385 g/mol. The zero-order valence-electron chi connectivity index (χ0n) is 16.1. The molecule has 1 aromatic heterocycles. The standard InChI is InChI=1S/C22H19N5O2/c1-3-29-19-10-9-15(12-20(19)28-2)11-16(13-23)21-18(14-24)22(25)27(26-21)17-7-5-4-6-8-17/h4-12H,3,25H2,1-2H3/b16-11-. The highest BCUT2D eigenvalue weighted by atomic mass is 16.5. The van der Waals surface area contributed by atoms with Gasteiger partial charge in [0.1, 0.15) is 29.2 Å². The van der Waals surface area contributed by atoms with Crippen LogP contribution in [0.1, 0.15) is 23.7 Å². The van der Waals surface area contributed by atoms with E-state index in [1.165, 1.54) is 4.68 Å². The highest BCUT2D eigenvalue weighted by molar-refractivity contribution is 5.91. The van der Waals surface area contributed by atoms with E-state index in [2.05, 4.69) is 17.2 Å². The maximum absolute atomic E-state index is 9.72. The summed E-state index contributed by atoms with van der Waals surface area (Å²) in [6.45, 7) is 2.40. The average Bonchev–Trinajstić information content (AvgIpc) is 3.09. The van der Waals surface area contributed by atoms with Crippen molar-refractivity contribution in [1.29, 1.82) is 10.5 Å². The predicted molar refractivity (Wildman–Crippen MR) is 110 cm³/mol. The van der Waals surface area contributed by atoms with Crippen LogP contribution in [-0.4, -0.2) is 23.5 Å². The second kappa shape index (κ2) is 8.64. The van der Waals surface area contributed by atoms with Crippen molar-refractivity contribution in [2.45, 2.75) is 6.92 Å². The molecule has 0 unspecified atom stereocenters.